The molecule has 1 atom stereocenters. The van der Waals surface area contributed by atoms with Gasteiger partial charge in [0.1, 0.15) is 0 Å². The van der Waals surface area contributed by atoms with Gasteiger partial charge in [-0.25, -0.2) is 13.1 Å². The van der Waals surface area contributed by atoms with E-state index in [1.54, 1.807) is 6.92 Å². The van der Waals surface area contributed by atoms with Crippen molar-refractivity contribution in [3.8, 4) is 0 Å². The number of nitrogens with one attached hydrogen (secondary N) is 1. The zero-order valence-corrected chi connectivity index (χ0v) is 12.6. The van der Waals surface area contributed by atoms with Crippen LogP contribution in [0.15, 0.2) is 30.3 Å². The van der Waals surface area contributed by atoms with Crippen LogP contribution in [0.25, 0.3) is 0 Å². The number of rotatable bonds is 6. The van der Waals surface area contributed by atoms with Gasteiger partial charge in [-0.3, -0.25) is 4.90 Å². The van der Waals surface area contributed by atoms with E-state index in [0.717, 1.165) is 18.7 Å². The highest BCUT2D eigenvalue weighted by molar-refractivity contribution is 7.89. The Kier molecular flexibility index (Phi) is 5.54. The predicted octanol–water partition coefficient (Wildman–Crippen LogP) is 0.999. The number of ether oxygens (including phenoxy) is 1. The summed E-state index contributed by atoms with van der Waals surface area (Å²) < 4.78 is 31.4. The maximum atomic E-state index is 11.7. The minimum Gasteiger partial charge on any atom is -0.379 e. The molecule has 1 aromatic carbocycles. The van der Waals surface area contributed by atoms with Crippen molar-refractivity contribution >= 4 is 10.0 Å². The SMILES string of the molecule is CCS(=O)(=O)NC[C@@H](c1ccccc1)N1CCOCC1. The minimum absolute atomic E-state index is 0.0569. The number of sulfonamides is 1. The summed E-state index contributed by atoms with van der Waals surface area (Å²) in [5, 5.41) is 0. The molecule has 0 amide bonds. The number of hydrogen-bond donors (Lipinski definition) is 1. The molecule has 1 aliphatic heterocycles. The second-order valence-corrected chi connectivity index (χ2v) is 6.92. The van der Waals surface area contributed by atoms with E-state index in [1.165, 1.54) is 0 Å². The molecule has 0 unspecified atom stereocenters. The average molecular weight is 298 g/mol. The lowest BCUT2D eigenvalue weighted by molar-refractivity contribution is 0.0172. The molecular weight excluding hydrogens is 276 g/mol. The Labute approximate surface area is 121 Å². The molecule has 0 spiro atoms. The van der Waals surface area contributed by atoms with E-state index in [-0.39, 0.29) is 11.8 Å². The van der Waals surface area contributed by atoms with Crippen molar-refractivity contribution in [2.24, 2.45) is 0 Å². The molecule has 6 heteroatoms. The number of hydrogen-bond acceptors (Lipinski definition) is 4. The van der Waals surface area contributed by atoms with Crippen LogP contribution < -0.4 is 4.72 Å². The van der Waals surface area contributed by atoms with E-state index in [9.17, 15) is 8.42 Å². The zero-order chi connectivity index (χ0) is 14.4. The lowest BCUT2D eigenvalue weighted by atomic mass is 10.1. The topological polar surface area (TPSA) is 58.6 Å². The van der Waals surface area contributed by atoms with Gasteiger partial charge in [-0.2, -0.15) is 0 Å². The lowest BCUT2D eigenvalue weighted by Gasteiger charge is -2.34. The Morgan fingerprint density at radius 2 is 1.90 bits per heavy atom. The Morgan fingerprint density at radius 3 is 2.50 bits per heavy atom. The quantitative estimate of drug-likeness (QED) is 0.851. The molecule has 0 saturated carbocycles. The van der Waals surface area contributed by atoms with E-state index < -0.39 is 10.0 Å². The number of morpholine rings is 1. The molecular formula is C14H22N2O3S. The van der Waals surface area contributed by atoms with Crippen molar-refractivity contribution < 1.29 is 13.2 Å². The second-order valence-electron chi connectivity index (χ2n) is 4.83. The Hall–Kier alpha value is -0.950. The molecule has 1 N–H and O–H groups in total. The van der Waals surface area contributed by atoms with Crippen LogP contribution in [0.2, 0.25) is 0 Å². The minimum atomic E-state index is -3.17. The van der Waals surface area contributed by atoms with Crippen molar-refractivity contribution in [3.63, 3.8) is 0 Å². The molecule has 1 heterocycles. The van der Waals surface area contributed by atoms with Crippen molar-refractivity contribution in [1.82, 2.24) is 9.62 Å². The standard InChI is InChI=1S/C14H22N2O3S/c1-2-20(17,18)15-12-14(13-6-4-3-5-7-13)16-8-10-19-11-9-16/h3-7,14-15H,2,8-12H2,1H3/t14-/m0/s1. The largest absolute Gasteiger partial charge is 0.379 e. The molecule has 0 radical (unpaired) electrons. The van der Waals surface area contributed by atoms with Gasteiger partial charge in [-0.1, -0.05) is 30.3 Å². The summed E-state index contributed by atoms with van der Waals surface area (Å²) in [4.78, 5) is 2.27. The second kappa shape index (κ2) is 7.17. The van der Waals surface area contributed by atoms with Gasteiger partial charge in [-0.05, 0) is 12.5 Å². The first kappa shape index (κ1) is 15.4. The molecule has 0 aliphatic carbocycles. The van der Waals surface area contributed by atoms with Crippen LogP contribution in [0.5, 0.6) is 0 Å². The van der Waals surface area contributed by atoms with Crippen LogP contribution in [0, 0.1) is 0 Å². The van der Waals surface area contributed by atoms with E-state index >= 15 is 0 Å². The van der Waals surface area contributed by atoms with Crippen LogP contribution in [0.3, 0.4) is 0 Å². The molecule has 1 aromatic rings. The van der Waals surface area contributed by atoms with Crippen LogP contribution in [-0.2, 0) is 14.8 Å². The number of benzene rings is 1. The smallest absolute Gasteiger partial charge is 0.211 e. The van der Waals surface area contributed by atoms with Crippen LogP contribution >= 0.6 is 0 Å². The van der Waals surface area contributed by atoms with Gasteiger partial charge in [0, 0.05) is 25.7 Å². The van der Waals surface area contributed by atoms with Gasteiger partial charge >= 0.3 is 0 Å². The Bertz CT molecular complexity index is 498. The summed E-state index contributed by atoms with van der Waals surface area (Å²) in [6.45, 7) is 5.10. The maximum absolute atomic E-state index is 11.7. The van der Waals surface area contributed by atoms with Crippen molar-refractivity contribution in [3.05, 3.63) is 35.9 Å². The fourth-order valence-corrected chi connectivity index (χ4v) is 2.95. The number of nitrogens with zero attached hydrogens (tertiary/aromatic N) is 1. The zero-order valence-electron chi connectivity index (χ0n) is 11.8. The highest BCUT2D eigenvalue weighted by Crippen LogP contribution is 2.21. The van der Waals surface area contributed by atoms with Crippen molar-refractivity contribution in [1.29, 1.82) is 0 Å². The summed E-state index contributed by atoms with van der Waals surface area (Å²) in [7, 11) is -3.17. The first-order valence-electron chi connectivity index (χ1n) is 6.96. The van der Waals surface area contributed by atoms with E-state index in [2.05, 4.69) is 9.62 Å². The third-order valence-electron chi connectivity index (χ3n) is 3.55. The first-order chi connectivity index (χ1) is 9.62. The van der Waals surface area contributed by atoms with Gasteiger partial charge in [-0.15, -0.1) is 0 Å². The maximum Gasteiger partial charge on any atom is 0.211 e. The van der Waals surface area contributed by atoms with Gasteiger partial charge in [0.15, 0.2) is 0 Å². The average Bonchev–Trinajstić information content (AvgIpc) is 2.49. The summed E-state index contributed by atoms with van der Waals surface area (Å²) in [5.41, 5.74) is 1.13. The molecule has 112 valence electrons. The first-order valence-corrected chi connectivity index (χ1v) is 8.61. The highest BCUT2D eigenvalue weighted by Gasteiger charge is 2.23. The van der Waals surface area contributed by atoms with E-state index in [4.69, 9.17) is 4.74 Å². The van der Waals surface area contributed by atoms with Gasteiger partial charge in [0.2, 0.25) is 10.0 Å². The molecule has 0 aromatic heterocycles. The van der Waals surface area contributed by atoms with Gasteiger partial charge in [0.25, 0.3) is 0 Å². The van der Waals surface area contributed by atoms with Crippen LogP contribution in [0.4, 0.5) is 0 Å². The summed E-state index contributed by atoms with van der Waals surface area (Å²) in [6, 6.07) is 10.1. The third kappa shape index (κ3) is 4.28. The van der Waals surface area contributed by atoms with Gasteiger partial charge in [0.05, 0.1) is 19.0 Å². The molecule has 5 nitrogen and oxygen atoms in total. The highest BCUT2D eigenvalue weighted by atomic mass is 32.2. The predicted molar refractivity (Wildman–Crippen MR) is 79.0 cm³/mol. The molecule has 2 rings (SSSR count). The molecule has 1 aliphatic rings. The van der Waals surface area contributed by atoms with E-state index in [0.29, 0.717) is 19.8 Å². The van der Waals surface area contributed by atoms with Crippen molar-refractivity contribution in [2.75, 3.05) is 38.6 Å². The fraction of sp³-hybridized carbons (Fsp3) is 0.571. The monoisotopic (exact) mass is 298 g/mol. The van der Waals surface area contributed by atoms with Gasteiger partial charge < -0.3 is 4.74 Å². The van der Waals surface area contributed by atoms with Crippen LogP contribution in [0.1, 0.15) is 18.5 Å². The molecule has 1 fully saturated rings. The summed E-state index contributed by atoms with van der Waals surface area (Å²) in [5.74, 6) is 0.109. The Balaban J connectivity index is 2.11. The molecule has 0 bridgehead atoms. The third-order valence-corrected chi connectivity index (χ3v) is 4.91. The van der Waals surface area contributed by atoms with Crippen LogP contribution in [-0.4, -0.2) is 51.9 Å². The summed E-state index contributed by atoms with van der Waals surface area (Å²) in [6.07, 6.45) is 0. The Morgan fingerprint density at radius 1 is 1.25 bits per heavy atom. The normalized spacial score (nSPS) is 18.9. The molecule has 1 saturated heterocycles. The van der Waals surface area contributed by atoms with Crippen molar-refractivity contribution in [2.45, 2.75) is 13.0 Å². The molecule has 20 heavy (non-hydrogen) atoms. The van der Waals surface area contributed by atoms with E-state index in [1.807, 2.05) is 30.3 Å². The fourth-order valence-electron chi connectivity index (χ4n) is 2.33. The summed E-state index contributed by atoms with van der Waals surface area (Å²) >= 11 is 0. The lowest BCUT2D eigenvalue weighted by Crippen LogP contribution is -2.44.